The molecule has 1 aliphatic carbocycles. The van der Waals surface area contributed by atoms with Gasteiger partial charge in [-0.25, -0.2) is 0 Å². The number of hydrogen-bond donors (Lipinski definition) is 2. The molecule has 0 radical (unpaired) electrons. The lowest BCUT2D eigenvalue weighted by atomic mass is 9.90. The third-order valence-electron chi connectivity index (χ3n) is 3.83. The van der Waals surface area contributed by atoms with Crippen LogP contribution in [0, 0.1) is 0 Å². The standard InChI is InChI=1S/C15H25N3O/c1-11(9-10-18(2)3)16-13-5-4-6-14-12(13)7-8-15(19)17-14/h7-8,11,13,16H,4-6,9-10H2,1-3H3,(H,17,19). The molecule has 0 bridgehead atoms. The summed E-state index contributed by atoms with van der Waals surface area (Å²) >= 11 is 0. The zero-order valence-electron chi connectivity index (χ0n) is 12.2. The minimum atomic E-state index is 0.0139. The number of hydrogen-bond acceptors (Lipinski definition) is 3. The molecule has 0 aliphatic heterocycles. The second-order valence-corrected chi connectivity index (χ2v) is 5.86. The molecule has 4 nitrogen and oxygen atoms in total. The van der Waals surface area contributed by atoms with Crippen molar-refractivity contribution in [3.05, 3.63) is 33.7 Å². The summed E-state index contributed by atoms with van der Waals surface area (Å²) in [6.07, 6.45) is 4.44. The topological polar surface area (TPSA) is 48.1 Å². The number of H-pyrrole nitrogens is 1. The summed E-state index contributed by atoms with van der Waals surface area (Å²) in [6.45, 7) is 3.34. The Morgan fingerprint density at radius 3 is 3.00 bits per heavy atom. The molecule has 1 aromatic rings. The third-order valence-corrected chi connectivity index (χ3v) is 3.83. The Balaban J connectivity index is 2.01. The summed E-state index contributed by atoms with van der Waals surface area (Å²) in [4.78, 5) is 16.6. The first-order chi connectivity index (χ1) is 9.06. The van der Waals surface area contributed by atoms with Gasteiger partial charge in [0.05, 0.1) is 0 Å². The lowest BCUT2D eigenvalue weighted by Gasteiger charge is -2.29. The zero-order chi connectivity index (χ0) is 13.8. The Labute approximate surface area is 115 Å². The second kappa shape index (κ2) is 6.35. The molecule has 2 atom stereocenters. The van der Waals surface area contributed by atoms with Gasteiger partial charge in [0.2, 0.25) is 5.56 Å². The fourth-order valence-electron chi connectivity index (χ4n) is 2.75. The molecule has 0 amide bonds. The normalized spacial score (nSPS) is 20.3. The first kappa shape index (κ1) is 14.3. The molecule has 106 valence electrons. The maximum atomic E-state index is 11.4. The van der Waals surface area contributed by atoms with Crippen molar-refractivity contribution in [3.63, 3.8) is 0 Å². The molecule has 0 fully saturated rings. The number of aryl methyl sites for hydroxylation is 1. The quantitative estimate of drug-likeness (QED) is 0.850. The molecule has 1 aliphatic rings. The van der Waals surface area contributed by atoms with Crippen molar-refractivity contribution < 1.29 is 0 Å². The first-order valence-electron chi connectivity index (χ1n) is 7.19. The summed E-state index contributed by atoms with van der Waals surface area (Å²) in [5.74, 6) is 0. The van der Waals surface area contributed by atoms with Crippen LogP contribution < -0.4 is 10.9 Å². The van der Waals surface area contributed by atoms with E-state index in [4.69, 9.17) is 0 Å². The van der Waals surface area contributed by atoms with Gasteiger partial charge in [0.1, 0.15) is 0 Å². The molecule has 0 saturated carbocycles. The van der Waals surface area contributed by atoms with Gasteiger partial charge in [0.15, 0.2) is 0 Å². The third kappa shape index (κ3) is 3.91. The fraction of sp³-hybridized carbons (Fsp3) is 0.667. The molecule has 19 heavy (non-hydrogen) atoms. The molecule has 0 spiro atoms. The predicted molar refractivity (Wildman–Crippen MR) is 78.5 cm³/mol. The average molecular weight is 263 g/mol. The van der Waals surface area contributed by atoms with Crippen LogP contribution in [-0.2, 0) is 6.42 Å². The van der Waals surface area contributed by atoms with E-state index in [0.717, 1.165) is 37.9 Å². The van der Waals surface area contributed by atoms with E-state index in [0.29, 0.717) is 12.1 Å². The maximum absolute atomic E-state index is 11.4. The number of aromatic amines is 1. The van der Waals surface area contributed by atoms with Crippen LogP contribution in [0.4, 0.5) is 0 Å². The van der Waals surface area contributed by atoms with E-state index < -0.39 is 0 Å². The molecule has 1 aromatic heterocycles. The molecule has 1 heterocycles. The van der Waals surface area contributed by atoms with Gasteiger partial charge in [-0.1, -0.05) is 6.07 Å². The van der Waals surface area contributed by atoms with Gasteiger partial charge in [-0.3, -0.25) is 4.79 Å². The van der Waals surface area contributed by atoms with Gasteiger partial charge in [0, 0.05) is 23.8 Å². The van der Waals surface area contributed by atoms with Crippen LogP contribution in [0.2, 0.25) is 0 Å². The van der Waals surface area contributed by atoms with Crippen LogP contribution in [0.3, 0.4) is 0 Å². The summed E-state index contributed by atoms with van der Waals surface area (Å²) in [5, 5.41) is 3.70. The summed E-state index contributed by atoms with van der Waals surface area (Å²) in [6, 6.07) is 4.51. The number of rotatable bonds is 5. The van der Waals surface area contributed by atoms with E-state index in [1.165, 1.54) is 5.56 Å². The molecule has 0 saturated heterocycles. The van der Waals surface area contributed by atoms with E-state index in [-0.39, 0.29) is 5.56 Å². The SMILES string of the molecule is CC(CCN(C)C)NC1CCCc2[nH]c(=O)ccc21. The molecule has 2 unspecified atom stereocenters. The van der Waals surface area contributed by atoms with Gasteiger partial charge < -0.3 is 15.2 Å². The number of pyridine rings is 1. The zero-order valence-corrected chi connectivity index (χ0v) is 12.2. The van der Waals surface area contributed by atoms with Gasteiger partial charge in [-0.05, 0) is 58.8 Å². The van der Waals surface area contributed by atoms with Crippen LogP contribution >= 0.6 is 0 Å². The Morgan fingerprint density at radius 2 is 2.26 bits per heavy atom. The van der Waals surface area contributed by atoms with Crippen LogP contribution in [0.1, 0.15) is 43.5 Å². The van der Waals surface area contributed by atoms with E-state index in [1.54, 1.807) is 6.07 Å². The first-order valence-corrected chi connectivity index (χ1v) is 7.19. The van der Waals surface area contributed by atoms with Gasteiger partial charge in [-0.2, -0.15) is 0 Å². The highest BCUT2D eigenvalue weighted by Crippen LogP contribution is 2.28. The lowest BCUT2D eigenvalue weighted by Crippen LogP contribution is -2.35. The number of aromatic nitrogens is 1. The molecule has 2 N–H and O–H groups in total. The molecular weight excluding hydrogens is 238 g/mol. The number of nitrogens with zero attached hydrogens (tertiary/aromatic N) is 1. The van der Waals surface area contributed by atoms with E-state index in [9.17, 15) is 4.79 Å². The minimum absolute atomic E-state index is 0.0139. The maximum Gasteiger partial charge on any atom is 0.248 e. The van der Waals surface area contributed by atoms with Gasteiger partial charge >= 0.3 is 0 Å². The summed E-state index contributed by atoms with van der Waals surface area (Å²) in [7, 11) is 4.21. The molecule has 0 aromatic carbocycles. The summed E-state index contributed by atoms with van der Waals surface area (Å²) in [5.41, 5.74) is 2.42. The fourth-order valence-corrected chi connectivity index (χ4v) is 2.75. The Morgan fingerprint density at radius 1 is 1.47 bits per heavy atom. The Hall–Kier alpha value is -1.13. The lowest BCUT2D eigenvalue weighted by molar-refractivity contribution is 0.337. The highest BCUT2D eigenvalue weighted by Gasteiger charge is 2.21. The van der Waals surface area contributed by atoms with E-state index in [1.807, 2.05) is 6.07 Å². The highest BCUT2D eigenvalue weighted by atomic mass is 16.1. The summed E-state index contributed by atoms with van der Waals surface area (Å²) < 4.78 is 0. The second-order valence-electron chi connectivity index (χ2n) is 5.86. The average Bonchev–Trinajstić information content (AvgIpc) is 2.36. The number of fused-ring (bicyclic) bond motifs is 1. The van der Waals surface area contributed by atoms with Crippen molar-refractivity contribution in [2.24, 2.45) is 0 Å². The molecule has 4 heteroatoms. The van der Waals surface area contributed by atoms with E-state index >= 15 is 0 Å². The predicted octanol–water partition coefficient (Wildman–Crippen LogP) is 1.68. The van der Waals surface area contributed by atoms with Crippen molar-refractivity contribution in [1.29, 1.82) is 0 Å². The largest absolute Gasteiger partial charge is 0.326 e. The van der Waals surface area contributed by atoms with Crippen molar-refractivity contribution in [1.82, 2.24) is 15.2 Å². The van der Waals surface area contributed by atoms with Crippen molar-refractivity contribution >= 4 is 0 Å². The van der Waals surface area contributed by atoms with Gasteiger partial charge in [0.25, 0.3) is 0 Å². The smallest absolute Gasteiger partial charge is 0.248 e. The Bertz CT molecular complexity index is 467. The Kier molecular flexibility index (Phi) is 4.77. The van der Waals surface area contributed by atoms with E-state index in [2.05, 4.69) is 36.2 Å². The van der Waals surface area contributed by atoms with Crippen molar-refractivity contribution in [2.45, 2.75) is 44.7 Å². The van der Waals surface area contributed by atoms with Crippen LogP contribution in [0.25, 0.3) is 0 Å². The molecular formula is C15H25N3O. The monoisotopic (exact) mass is 263 g/mol. The molecule has 2 rings (SSSR count). The van der Waals surface area contributed by atoms with Gasteiger partial charge in [-0.15, -0.1) is 0 Å². The number of nitrogens with one attached hydrogen (secondary N) is 2. The van der Waals surface area contributed by atoms with Crippen LogP contribution in [0.5, 0.6) is 0 Å². The van der Waals surface area contributed by atoms with Crippen molar-refractivity contribution in [3.8, 4) is 0 Å². The van der Waals surface area contributed by atoms with Crippen molar-refractivity contribution in [2.75, 3.05) is 20.6 Å². The van der Waals surface area contributed by atoms with Crippen LogP contribution in [0.15, 0.2) is 16.9 Å². The minimum Gasteiger partial charge on any atom is -0.326 e. The van der Waals surface area contributed by atoms with Crippen LogP contribution in [-0.4, -0.2) is 36.6 Å². The highest BCUT2D eigenvalue weighted by molar-refractivity contribution is 5.26.